The highest BCUT2D eigenvalue weighted by molar-refractivity contribution is 9.10. The van der Waals surface area contributed by atoms with Crippen LogP contribution < -0.4 is 5.32 Å². The molecule has 2 atom stereocenters. The van der Waals surface area contributed by atoms with Crippen molar-refractivity contribution < 1.29 is 4.74 Å². The van der Waals surface area contributed by atoms with Gasteiger partial charge in [-0.05, 0) is 75.6 Å². The average Bonchev–Trinajstić information content (AvgIpc) is 2.44. The number of nitrogens with one attached hydrogen (secondary N) is 1. The fourth-order valence-electron chi connectivity index (χ4n) is 4.10. The zero-order valence-corrected chi connectivity index (χ0v) is 14.9. The van der Waals surface area contributed by atoms with Crippen LogP contribution in [-0.2, 0) is 4.74 Å². The molecule has 3 rings (SSSR count). The maximum absolute atomic E-state index is 6.09. The smallest absolute Gasteiger partial charge is 0.0686 e. The van der Waals surface area contributed by atoms with E-state index in [-0.39, 0.29) is 5.60 Å². The van der Waals surface area contributed by atoms with Crippen molar-refractivity contribution in [2.75, 3.05) is 13.7 Å². The maximum Gasteiger partial charge on any atom is 0.0686 e. The van der Waals surface area contributed by atoms with Crippen LogP contribution in [0.3, 0.4) is 0 Å². The monoisotopic (exact) mass is 351 g/mol. The lowest BCUT2D eigenvalue weighted by Crippen LogP contribution is -2.47. The summed E-state index contributed by atoms with van der Waals surface area (Å²) < 4.78 is 7.33. The van der Waals surface area contributed by atoms with Gasteiger partial charge in [-0.25, -0.2) is 0 Å². The van der Waals surface area contributed by atoms with Crippen LogP contribution in [-0.4, -0.2) is 19.3 Å². The summed E-state index contributed by atoms with van der Waals surface area (Å²) in [6.07, 6.45) is 6.25. The van der Waals surface area contributed by atoms with E-state index in [4.69, 9.17) is 4.74 Å². The van der Waals surface area contributed by atoms with Crippen LogP contribution in [0.15, 0.2) is 16.6 Å². The third-order valence-electron chi connectivity index (χ3n) is 5.40. The van der Waals surface area contributed by atoms with Crippen molar-refractivity contribution in [1.29, 1.82) is 0 Å². The average molecular weight is 352 g/mol. The third kappa shape index (κ3) is 2.93. The Labute approximate surface area is 136 Å². The minimum Gasteiger partial charge on any atom is -0.375 e. The Morgan fingerprint density at radius 1 is 1.29 bits per heavy atom. The van der Waals surface area contributed by atoms with Gasteiger partial charge < -0.3 is 10.1 Å². The molecule has 21 heavy (non-hydrogen) atoms. The Bertz CT molecular complexity index is 501. The molecule has 1 saturated carbocycles. The van der Waals surface area contributed by atoms with Crippen LogP contribution in [0.4, 0.5) is 0 Å². The number of hydrogen-bond acceptors (Lipinski definition) is 2. The van der Waals surface area contributed by atoms with Crippen molar-refractivity contribution in [2.24, 2.45) is 5.92 Å². The lowest BCUT2D eigenvalue weighted by atomic mass is 9.69. The zero-order chi connectivity index (χ0) is 15.0. The van der Waals surface area contributed by atoms with Gasteiger partial charge in [0.15, 0.2) is 0 Å². The predicted molar refractivity (Wildman–Crippen MR) is 90.7 cm³/mol. The molecule has 1 heterocycles. The normalized spacial score (nSPS) is 25.6. The Balaban J connectivity index is 1.84. The van der Waals surface area contributed by atoms with Crippen LogP contribution in [0, 0.1) is 19.8 Å². The summed E-state index contributed by atoms with van der Waals surface area (Å²) in [5.41, 5.74) is 4.31. The van der Waals surface area contributed by atoms with E-state index < -0.39 is 0 Å². The standard InChI is InChI=1S/C18H26BrNO/c1-12-9-15(10-13(2)16(12)19)17(20-3)14-5-8-21-18(11-14)6-4-7-18/h9-10,14,17,20H,4-8,11H2,1-3H3. The largest absolute Gasteiger partial charge is 0.375 e. The fraction of sp³-hybridized carbons (Fsp3) is 0.667. The van der Waals surface area contributed by atoms with E-state index in [0.29, 0.717) is 12.0 Å². The van der Waals surface area contributed by atoms with E-state index >= 15 is 0 Å². The number of rotatable bonds is 3. The predicted octanol–water partition coefficient (Wildman–Crippen LogP) is 4.68. The molecule has 1 saturated heterocycles. The Morgan fingerprint density at radius 3 is 2.48 bits per heavy atom. The van der Waals surface area contributed by atoms with Crippen LogP contribution in [0.25, 0.3) is 0 Å². The number of halogens is 1. The molecule has 0 amide bonds. The van der Waals surface area contributed by atoms with Crippen molar-refractivity contribution in [3.8, 4) is 0 Å². The van der Waals surface area contributed by atoms with Crippen molar-refractivity contribution in [1.82, 2.24) is 5.32 Å². The van der Waals surface area contributed by atoms with Crippen molar-refractivity contribution in [3.63, 3.8) is 0 Å². The first kappa shape index (κ1) is 15.5. The van der Waals surface area contributed by atoms with Crippen LogP contribution in [0.5, 0.6) is 0 Å². The number of aryl methyl sites for hydroxylation is 2. The molecular weight excluding hydrogens is 326 g/mol. The first-order chi connectivity index (χ1) is 10.0. The summed E-state index contributed by atoms with van der Waals surface area (Å²) in [4.78, 5) is 0. The quantitative estimate of drug-likeness (QED) is 0.853. The Kier molecular flexibility index (Phi) is 4.45. The van der Waals surface area contributed by atoms with Gasteiger partial charge in [0, 0.05) is 17.1 Å². The highest BCUT2D eigenvalue weighted by Crippen LogP contribution is 2.47. The molecule has 1 aliphatic carbocycles. The molecule has 0 radical (unpaired) electrons. The van der Waals surface area contributed by atoms with E-state index in [1.807, 2.05) is 0 Å². The van der Waals surface area contributed by atoms with Gasteiger partial charge in [0.05, 0.1) is 5.60 Å². The summed E-state index contributed by atoms with van der Waals surface area (Å²) in [5.74, 6) is 0.684. The van der Waals surface area contributed by atoms with Crippen LogP contribution >= 0.6 is 15.9 Å². The first-order valence-electron chi connectivity index (χ1n) is 8.12. The molecule has 2 unspecified atom stereocenters. The fourth-order valence-corrected chi connectivity index (χ4v) is 4.33. The molecule has 116 valence electrons. The molecule has 0 bridgehead atoms. The minimum absolute atomic E-state index is 0.220. The van der Waals surface area contributed by atoms with Gasteiger partial charge in [0.25, 0.3) is 0 Å². The lowest BCUT2D eigenvalue weighted by molar-refractivity contribution is -0.147. The molecule has 3 heteroatoms. The van der Waals surface area contributed by atoms with Crippen LogP contribution in [0.2, 0.25) is 0 Å². The Hall–Kier alpha value is -0.380. The first-order valence-corrected chi connectivity index (χ1v) is 8.92. The van der Waals surface area contributed by atoms with Crippen molar-refractivity contribution >= 4 is 15.9 Å². The van der Waals surface area contributed by atoms with Gasteiger partial charge in [-0.1, -0.05) is 28.1 Å². The van der Waals surface area contributed by atoms with E-state index in [1.165, 1.54) is 53.3 Å². The highest BCUT2D eigenvalue weighted by atomic mass is 79.9. The van der Waals surface area contributed by atoms with Gasteiger partial charge >= 0.3 is 0 Å². The molecule has 2 fully saturated rings. The summed E-state index contributed by atoms with van der Waals surface area (Å²) in [6, 6.07) is 5.11. The Morgan fingerprint density at radius 2 is 1.95 bits per heavy atom. The molecule has 2 aliphatic rings. The zero-order valence-electron chi connectivity index (χ0n) is 13.3. The molecule has 0 aromatic heterocycles. The van der Waals surface area contributed by atoms with Gasteiger partial charge in [-0.3, -0.25) is 0 Å². The lowest BCUT2D eigenvalue weighted by Gasteiger charge is -2.49. The molecule has 1 aromatic rings. The summed E-state index contributed by atoms with van der Waals surface area (Å²) >= 11 is 3.68. The van der Waals surface area contributed by atoms with Crippen LogP contribution in [0.1, 0.15) is 54.8 Å². The molecule has 1 N–H and O–H groups in total. The van der Waals surface area contributed by atoms with Gasteiger partial charge in [0.1, 0.15) is 0 Å². The highest BCUT2D eigenvalue weighted by Gasteiger charge is 2.44. The van der Waals surface area contributed by atoms with Gasteiger partial charge in [0.2, 0.25) is 0 Å². The number of benzene rings is 1. The number of ether oxygens (including phenoxy) is 1. The minimum atomic E-state index is 0.220. The second-order valence-electron chi connectivity index (χ2n) is 6.87. The SMILES string of the molecule is CNC(c1cc(C)c(Br)c(C)c1)C1CCOC2(CCC2)C1. The second kappa shape index (κ2) is 6.02. The third-order valence-corrected chi connectivity index (χ3v) is 6.65. The second-order valence-corrected chi connectivity index (χ2v) is 7.67. The van der Waals surface area contributed by atoms with E-state index in [2.05, 4.69) is 54.3 Å². The van der Waals surface area contributed by atoms with E-state index in [9.17, 15) is 0 Å². The van der Waals surface area contributed by atoms with E-state index in [0.717, 1.165) is 6.61 Å². The summed E-state index contributed by atoms with van der Waals surface area (Å²) in [6.45, 7) is 5.30. The molecule has 1 aromatic carbocycles. The number of hydrogen-bond donors (Lipinski definition) is 1. The summed E-state index contributed by atoms with van der Waals surface area (Å²) in [5, 5.41) is 3.58. The topological polar surface area (TPSA) is 21.3 Å². The van der Waals surface area contributed by atoms with Crippen molar-refractivity contribution in [3.05, 3.63) is 33.3 Å². The molecule has 1 spiro atoms. The molecular formula is C18H26BrNO. The summed E-state index contributed by atoms with van der Waals surface area (Å²) in [7, 11) is 2.10. The molecule has 2 nitrogen and oxygen atoms in total. The molecule has 1 aliphatic heterocycles. The van der Waals surface area contributed by atoms with E-state index in [1.54, 1.807) is 0 Å². The van der Waals surface area contributed by atoms with Gasteiger partial charge in [-0.15, -0.1) is 0 Å². The van der Waals surface area contributed by atoms with Crippen molar-refractivity contribution in [2.45, 2.75) is 57.6 Å². The van der Waals surface area contributed by atoms with Gasteiger partial charge in [-0.2, -0.15) is 0 Å². The maximum atomic E-state index is 6.09.